The van der Waals surface area contributed by atoms with Gasteiger partial charge in [0.1, 0.15) is 0 Å². The minimum Gasteiger partial charge on any atom is -0.342 e. The third-order valence-corrected chi connectivity index (χ3v) is 3.78. The molecule has 2 aliphatic rings. The van der Waals surface area contributed by atoms with Crippen LogP contribution in [-0.4, -0.2) is 23.9 Å². The molecule has 0 spiro atoms. The van der Waals surface area contributed by atoms with Gasteiger partial charge in [-0.05, 0) is 17.3 Å². The van der Waals surface area contributed by atoms with Crippen LogP contribution in [0.15, 0.2) is 0 Å². The van der Waals surface area contributed by atoms with E-state index in [0.29, 0.717) is 5.41 Å². The molecule has 2 fully saturated rings. The molecule has 0 radical (unpaired) electrons. The number of carbonyl (C=O) groups is 1. The number of fused-ring (bicyclic) bond motifs is 1. The van der Waals surface area contributed by atoms with E-state index in [9.17, 15) is 4.79 Å². The number of piperidine rings is 1. The van der Waals surface area contributed by atoms with Crippen LogP contribution < -0.4 is 0 Å². The zero-order valence-corrected chi connectivity index (χ0v) is 7.42. The maximum absolute atomic E-state index is 11.0. The molecule has 2 heteroatoms. The zero-order chi connectivity index (χ0) is 8.22. The summed E-state index contributed by atoms with van der Waals surface area (Å²) in [5.41, 5.74) is 0.478. The summed E-state index contributed by atoms with van der Waals surface area (Å²) < 4.78 is 0. The SMILES string of the molecule is CC(=O)N1C[C@@H]2[C@@H](C)[C@]2(C)C1. The van der Waals surface area contributed by atoms with Gasteiger partial charge in [0.05, 0.1) is 0 Å². The van der Waals surface area contributed by atoms with Crippen LogP contribution in [0.2, 0.25) is 0 Å². The molecule has 0 unspecified atom stereocenters. The quantitative estimate of drug-likeness (QED) is 0.510. The monoisotopic (exact) mass is 153 g/mol. The Bertz CT molecular complexity index is 214. The molecular formula is C9H15NO. The van der Waals surface area contributed by atoms with E-state index in [2.05, 4.69) is 13.8 Å². The Hall–Kier alpha value is -0.530. The summed E-state index contributed by atoms with van der Waals surface area (Å²) >= 11 is 0. The Morgan fingerprint density at radius 3 is 2.64 bits per heavy atom. The van der Waals surface area contributed by atoms with Gasteiger partial charge in [0.2, 0.25) is 5.91 Å². The van der Waals surface area contributed by atoms with Crippen LogP contribution in [0, 0.1) is 17.3 Å². The van der Waals surface area contributed by atoms with Crippen LogP contribution in [0.25, 0.3) is 0 Å². The van der Waals surface area contributed by atoms with Gasteiger partial charge in [-0.1, -0.05) is 13.8 Å². The highest BCUT2D eigenvalue weighted by atomic mass is 16.2. The van der Waals surface area contributed by atoms with Crippen LogP contribution in [0.1, 0.15) is 20.8 Å². The first-order valence-electron chi connectivity index (χ1n) is 4.31. The minimum absolute atomic E-state index is 0.241. The highest BCUT2D eigenvalue weighted by molar-refractivity contribution is 5.74. The average Bonchev–Trinajstić information content (AvgIpc) is 2.34. The highest BCUT2D eigenvalue weighted by Gasteiger charge is 2.63. The van der Waals surface area contributed by atoms with Crippen LogP contribution >= 0.6 is 0 Å². The molecule has 0 aromatic rings. The first-order valence-corrected chi connectivity index (χ1v) is 4.31. The Balaban J connectivity index is 2.06. The predicted octanol–water partition coefficient (Wildman–Crippen LogP) is 1.12. The molecule has 2 rings (SSSR count). The zero-order valence-electron chi connectivity index (χ0n) is 7.42. The van der Waals surface area contributed by atoms with Crippen LogP contribution in [0.5, 0.6) is 0 Å². The summed E-state index contributed by atoms with van der Waals surface area (Å²) in [5.74, 6) is 1.88. The van der Waals surface area contributed by atoms with Crippen molar-refractivity contribution in [1.82, 2.24) is 4.90 Å². The summed E-state index contributed by atoms with van der Waals surface area (Å²) in [7, 11) is 0. The topological polar surface area (TPSA) is 20.3 Å². The molecule has 62 valence electrons. The van der Waals surface area contributed by atoms with E-state index < -0.39 is 0 Å². The molecule has 3 atom stereocenters. The van der Waals surface area contributed by atoms with Gasteiger partial charge in [0, 0.05) is 20.0 Å². The van der Waals surface area contributed by atoms with E-state index in [1.54, 1.807) is 6.92 Å². The average molecular weight is 153 g/mol. The van der Waals surface area contributed by atoms with Gasteiger partial charge in [-0.3, -0.25) is 4.79 Å². The number of hydrogen-bond donors (Lipinski definition) is 0. The first-order chi connectivity index (χ1) is 5.05. The molecule has 1 saturated carbocycles. The Morgan fingerprint density at radius 1 is 1.64 bits per heavy atom. The lowest BCUT2D eigenvalue weighted by Crippen LogP contribution is -2.30. The largest absolute Gasteiger partial charge is 0.342 e. The van der Waals surface area contributed by atoms with Crippen molar-refractivity contribution in [1.29, 1.82) is 0 Å². The lowest BCUT2D eigenvalue weighted by Gasteiger charge is -2.18. The number of amides is 1. The number of hydrogen-bond acceptors (Lipinski definition) is 1. The molecule has 1 heterocycles. The van der Waals surface area contributed by atoms with E-state index in [1.165, 1.54) is 0 Å². The van der Waals surface area contributed by atoms with Crippen molar-refractivity contribution >= 4 is 5.91 Å². The molecule has 1 aliphatic carbocycles. The van der Waals surface area contributed by atoms with Gasteiger partial charge in [0.15, 0.2) is 0 Å². The van der Waals surface area contributed by atoms with Crippen molar-refractivity contribution in [2.45, 2.75) is 20.8 Å². The van der Waals surface area contributed by atoms with Gasteiger partial charge < -0.3 is 4.90 Å². The number of nitrogens with zero attached hydrogens (tertiary/aromatic N) is 1. The third kappa shape index (κ3) is 0.754. The second-order valence-corrected chi connectivity index (χ2v) is 4.30. The highest BCUT2D eigenvalue weighted by Crippen LogP contribution is 2.62. The number of carbonyl (C=O) groups excluding carboxylic acids is 1. The van der Waals surface area contributed by atoms with Crippen molar-refractivity contribution < 1.29 is 4.79 Å². The van der Waals surface area contributed by atoms with Crippen molar-refractivity contribution in [3.05, 3.63) is 0 Å². The molecule has 1 saturated heterocycles. The molecule has 1 aliphatic heterocycles. The fourth-order valence-corrected chi connectivity index (χ4v) is 2.49. The fraction of sp³-hybridized carbons (Fsp3) is 0.889. The molecule has 0 aromatic heterocycles. The van der Waals surface area contributed by atoms with Crippen molar-refractivity contribution in [3.63, 3.8) is 0 Å². The first kappa shape index (κ1) is 7.14. The summed E-state index contributed by atoms with van der Waals surface area (Å²) in [5, 5.41) is 0. The summed E-state index contributed by atoms with van der Waals surface area (Å²) in [4.78, 5) is 13.0. The second-order valence-electron chi connectivity index (χ2n) is 4.30. The summed E-state index contributed by atoms with van der Waals surface area (Å²) in [6.45, 7) is 8.26. The maximum atomic E-state index is 11.0. The number of likely N-dealkylation sites (tertiary alicyclic amines) is 1. The Morgan fingerprint density at radius 2 is 2.27 bits per heavy atom. The molecular weight excluding hydrogens is 138 g/mol. The van der Waals surface area contributed by atoms with Gasteiger partial charge in [-0.25, -0.2) is 0 Å². The lowest BCUT2D eigenvalue weighted by atomic mass is 10.1. The van der Waals surface area contributed by atoms with E-state index in [0.717, 1.165) is 24.9 Å². The lowest BCUT2D eigenvalue weighted by molar-refractivity contribution is -0.128. The van der Waals surface area contributed by atoms with Crippen molar-refractivity contribution in [2.24, 2.45) is 17.3 Å². The standard InChI is InChI=1S/C9H15NO/c1-6-8-4-10(7(2)11)5-9(6,8)3/h6,8H,4-5H2,1-3H3/t6-,8-,9+/m1/s1. The summed E-state index contributed by atoms with van der Waals surface area (Å²) in [6, 6.07) is 0. The third-order valence-electron chi connectivity index (χ3n) is 3.78. The minimum atomic E-state index is 0.241. The van der Waals surface area contributed by atoms with Crippen molar-refractivity contribution in [2.75, 3.05) is 13.1 Å². The Kier molecular flexibility index (Phi) is 1.16. The van der Waals surface area contributed by atoms with E-state index in [4.69, 9.17) is 0 Å². The molecule has 1 amide bonds. The Labute approximate surface area is 67.6 Å². The van der Waals surface area contributed by atoms with Crippen LogP contribution in [0.3, 0.4) is 0 Å². The van der Waals surface area contributed by atoms with Gasteiger partial charge in [-0.2, -0.15) is 0 Å². The molecule has 0 bridgehead atoms. The maximum Gasteiger partial charge on any atom is 0.219 e. The second kappa shape index (κ2) is 1.79. The van der Waals surface area contributed by atoms with E-state index >= 15 is 0 Å². The molecule has 0 aromatic carbocycles. The summed E-state index contributed by atoms with van der Waals surface area (Å²) in [6.07, 6.45) is 0. The molecule has 2 nitrogen and oxygen atoms in total. The van der Waals surface area contributed by atoms with E-state index in [1.807, 2.05) is 4.90 Å². The molecule has 11 heavy (non-hydrogen) atoms. The van der Waals surface area contributed by atoms with Crippen molar-refractivity contribution in [3.8, 4) is 0 Å². The predicted molar refractivity (Wildman–Crippen MR) is 43.0 cm³/mol. The molecule has 0 N–H and O–H groups in total. The van der Waals surface area contributed by atoms with Gasteiger partial charge in [-0.15, -0.1) is 0 Å². The number of rotatable bonds is 0. The normalized spacial score (nSPS) is 47.4. The van der Waals surface area contributed by atoms with Gasteiger partial charge in [0.25, 0.3) is 0 Å². The van der Waals surface area contributed by atoms with Crippen LogP contribution in [-0.2, 0) is 4.79 Å². The fourth-order valence-electron chi connectivity index (χ4n) is 2.49. The van der Waals surface area contributed by atoms with Gasteiger partial charge >= 0.3 is 0 Å². The van der Waals surface area contributed by atoms with E-state index in [-0.39, 0.29) is 5.91 Å². The van der Waals surface area contributed by atoms with Crippen LogP contribution in [0.4, 0.5) is 0 Å². The smallest absolute Gasteiger partial charge is 0.219 e.